The van der Waals surface area contributed by atoms with Crippen molar-refractivity contribution in [2.24, 2.45) is 22.0 Å². The van der Waals surface area contributed by atoms with E-state index in [2.05, 4.69) is 17.1 Å². The molecule has 2 saturated carbocycles. The van der Waals surface area contributed by atoms with Crippen LogP contribution in [0.25, 0.3) is 0 Å². The van der Waals surface area contributed by atoms with Crippen molar-refractivity contribution >= 4 is 5.84 Å². The second-order valence-electron chi connectivity index (χ2n) is 6.76. The van der Waals surface area contributed by atoms with Crippen LogP contribution in [-0.2, 0) is 9.47 Å². The van der Waals surface area contributed by atoms with Crippen molar-refractivity contribution in [1.82, 2.24) is 0 Å². The highest BCUT2D eigenvalue weighted by Gasteiger charge is 3.03. The summed E-state index contributed by atoms with van der Waals surface area (Å²) in [7, 11) is 0. The van der Waals surface area contributed by atoms with Crippen LogP contribution in [-0.4, -0.2) is 24.5 Å². The molecule has 4 aliphatic rings. The van der Waals surface area contributed by atoms with E-state index in [9.17, 15) is 10.5 Å². The van der Waals surface area contributed by atoms with Crippen molar-refractivity contribution in [3.05, 3.63) is 0 Å². The average molecular weight is 287 g/mol. The molecular formula is C15H19N4O2+. The highest BCUT2D eigenvalue weighted by atomic mass is 16.8. The molecule has 4 atom stereocenters. The van der Waals surface area contributed by atoms with E-state index in [1.807, 2.05) is 6.92 Å². The van der Waals surface area contributed by atoms with Crippen LogP contribution in [0.5, 0.6) is 0 Å². The SMILES string of the molecule is C[C@@H]1CO[C@]2([NH+]=C(N)[C@@]3(C#N)C4(CCCCC4)[C@@]23C#N)O1. The Morgan fingerprint density at radius 2 is 1.95 bits per heavy atom. The highest BCUT2D eigenvalue weighted by Crippen LogP contribution is 2.86. The monoisotopic (exact) mass is 287 g/mol. The maximum absolute atomic E-state index is 10.0. The summed E-state index contributed by atoms with van der Waals surface area (Å²) in [6.45, 7) is 2.31. The molecule has 6 heteroatoms. The Kier molecular flexibility index (Phi) is 2.22. The molecule has 110 valence electrons. The minimum Gasteiger partial charge on any atom is -0.311 e. The van der Waals surface area contributed by atoms with Crippen LogP contribution in [0.2, 0.25) is 0 Å². The van der Waals surface area contributed by atoms with Crippen LogP contribution in [0.3, 0.4) is 0 Å². The maximum atomic E-state index is 10.0. The molecule has 21 heavy (non-hydrogen) atoms. The Bertz CT molecular complexity index is 627. The van der Waals surface area contributed by atoms with Gasteiger partial charge in [0.1, 0.15) is 0 Å². The van der Waals surface area contributed by atoms with Crippen molar-refractivity contribution < 1.29 is 14.5 Å². The van der Waals surface area contributed by atoms with Crippen molar-refractivity contribution in [3.8, 4) is 12.1 Å². The third-order valence-electron chi connectivity index (χ3n) is 6.06. The fourth-order valence-corrected chi connectivity index (χ4v) is 5.35. The van der Waals surface area contributed by atoms with Gasteiger partial charge < -0.3 is 9.47 Å². The number of amidine groups is 1. The van der Waals surface area contributed by atoms with Gasteiger partial charge in [0, 0.05) is 5.41 Å². The lowest BCUT2D eigenvalue weighted by Crippen LogP contribution is -2.90. The van der Waals surface area contributed by atoms with E-state index in [1.54, 1.807) is 0 Å². The van der Waals surface area contributed by atoms with Gasteiger partial charge in [0.25, 0.3) is 5.84 Å². The first kappa shape index (κ1) is 13.1. The Morgan fingerprint density at radius 3 is 2.48 bits per heavy atom. The van der Waals surface area contributed by atoms with Gasteiger partial charge >= 0.3 is 5.91 Å². The molecule has 0 bridgehead atoms. The van der Waals surface area contributed by atoms with Crippen LogP contribution < -0.4 is 10.7 Å². The van der Waals surface area contributed by atoms with Gasteiger partial charge in [0.05, 0.1) is 24.8 Å². The van der Waals surface area contributed by atoms with Gasteiger partial charge in [-0.1, -0.05) is 19.3 Å². The van der Waals surface area contributed by atoms with Crippen LogP contribution in [0.1, 0.15) is 39.0 Å². The van der Waals surface area contributed by atoms with Gasteiger partial charge in [-0.3, -0.25) is 5.73 Å². The second-order valence-corrected chi connectivity index (χ2v) is 6.76. The Labute approximate surface area is 123 Å². The second kappa shape index (κ2) is 3.58. The van der Waals surface area contributed by atoms with E-state index in [0.717, 1.165) is 32.1 Å². The van der Waals surface area contributed by atoms with Crippen molar-refractivity contribution in [2.75, 3.05) is 6.61 Å². The Balaban J connectivity index is 1.93. The standard InChI is InChI=1S/C15H18N4O2/c1-10-7-20-15(21-10)14(9-17)12(5-3-2-4-6-12)13(14,8-16)11(18)19-15/h10H,2-7H2,1H3,(H2,18,19)/p+1/t10-,13+,14-,15+/m1/s1. The molecule has 3 fully saturated rings. The van der Waals surface area contributed by atoms with E-state index in [-0.39, 0.29) is 6.10 Å². The molecule has 2 aliphatic heterocycles. The smallest absolute Gasteiger partial charge is 0.311 e. The fourth-order valence-electron chi connectivity index (χ4n) is 5.35. The first-order valence-electron chi connectivity index (χ1n) is 7.61. The number of hydrogen-bond acceptors (Lipinski definition) is 5. The van der Waals surface area contributed by atoms with Gasteiger partial charge in [-0.15, -0.1) is 0 Å². The van der Waals surface area contributed by atoms with E-state index in [1.165, 1.54) is 0 Å². The number of hydrogen-bond donors (Lipinski definition) is 2. The van der Waals surface area contributed by atoms with Crippen molar-refractivity contribution in [1.29, 1.82) is 10.5 Å². The number of ether oxygens (including phenoxy) is 2. The Hall–Kier alpha value is -1.63. The molecule has 2 aliphatic carbocycles. The maximum Gasteiger partial charge on any atom is 0.343 e. The first-order chi connectivity index (χ1) is 10.1. The molecular weight excluding hydrogens is 268 g/mol. The molecule has 0 unspecified atom stereocenters. The zero-order chi connectivity index (χ0) is 14.9. The van der Waals surface area contributed by atoms with Gasteiger partial charge in [-0.2, -0.15) is 10.5 Å². The van der Waals surface area contributed by atoms with Crippen LogP contribution in [0, 0.1) is 38.9 Å². The lowest BCUT2D eigenvalue weighted by molar-refractivity contribution is -0.680. The normalized spacial score (nSPS) is 49.5. The summed E-state index contributed by atoms with van der Waals surface area (Å²) in [5.74, 6) is -0.902. The molecule has 3 N–H and O–H groups in total. The first-order valence-corrected chi connectivity index (χ1v) is 7.61. The lowest BCUT2D eigenvalue weighted by Gasteiger charge is -2.31. The van der Waals surface area contributed by atoms with Gasteiger partial charge in [0.15, 0.2) is 10.8 Å². The Morgan fingerprint density at radius 1 is 1.24 bits per heavy atom. The molecule has 0 aromatic carbocycles. The number of rotatable bonds is 0. The molecule has 0 radical (unpaired) electrons. The third-order valence-corrected chi connectivity index (χ3v) is 6.06. The summed E-state index contributed by atoms with van der Waals surface area (Å²) in [6.07, 6.45) is 4.73. The van der Waals surface area contributed by atoms with E-state index < -0.39 is 22.2 Å². The molecule has 2 spiro atoms. The largest absolute Gasteiger partial charge is 0.343 e. The van der Waals surface area contributed by atoms with Crippen molar-refractivity contribution in [2.45, 2.75) is 51.0 Å². The summed E-state index contributed by atoms with van der Waals surface area (Å²) >= 11 is 0. The van der Waals surface area contributed by atoms with Crippen molar-refractivity contribution in [3.63, 3.8) is 0 Å². The number of nitrogens with zero attached hydrogens (tertiary/aromatic N) is 2. The quantitative estimate of drug-likeness (QED) is 0.625. The molecule has 1 saturated heterocycles. The predicted molar refractivity (Wildman–Crippen MR) is 71.0 cm³/mol. The third kappa shape index (κ3) is 0.994. The molecule has 0 aromatic heterocycles. The summed E-state index contributed by atoms with van der Waals surface area (Å²) in [5, 5.41) is 19.9. The van der Waals surface area contributed by atoms with Gasteiger partial charge in [-0.25, -0.2) is 4.99 Å². The summed E-state index contributed by atoms with van der Waals surface area (Å²) in [5.41, 5.74) is 3.76. The fraction of sp³-hybridized carbons (Fsp3) is 0.800. The van der Waals surface area contributed by atoms with E-state index in [0.29, 0.717) is 12.4 Å². The molecule has 0 amide bonds. The zero-order valence-electron chi connectivity index (χ0n) is 12.1. The van der Waals surface area contributed by atoms with Crippen LogP contribution in [0.4, 0.5) is 0 Å². The predicted octanol–water partition coefficient (Wildman–Crippen LogP) is -0.489. The molecule has 4 rings (SSSR count). The highest BCUT2D eigenvalue weighted by molar-refractivity contribution is 5.95. The van der Waals surface area contributed by atoms with Gasteiger partial charge in [-0.05, 0) is 19.8 Å². The number of nitriles is 2. The van der Waals surface area contributed by atoms with Crippen LogP contribution in [0.15, 0.2) is 0 Å². The molecule has 6 nitrogen and oxygen atoms in total. The van der Waals surface area contributed by atoms with E-state index >= 15 is 0 Å². The molecule has 2 heterocycles. The number of nitrogens with two attached hydrogens (primary N) is 1. The molecule has 0 aromatic rings. The zero-order valence-corrected chi connectivity index (χ0v) is 12.1. The summed E-state index contributed by atoms with van der Waals surface area (Å²) in [6, 6.07) is 4.79. The average Bonchev–Trinajstić information content (AvgIpc) is 2.68. The summed E-state index contributed by atoms with van der Waals surface area (Å²) < 4.78 is 11.9. The number of fused-ring (bicyclic) bond motifs is 4. The lowest BCUT2D eigenvalue weighted by atomic mass is 9.76. The minimum absolute atomic E-state index is 0.119. The van der Waals surface area contributed by atoms with Gasteiger partial charge in [0.2, 0.25) is 0 Å². The topological polar surface area (TPSA) is 106 Å². The van der Waals surface area contributed by atoms with E-state index in [4.69, 9.17) is 15.2 Å². The summed E-state index contributed by atoms with van der Waals surface area (Å²) in [4.78, 5) is 3.02. The van der Waals surface area contributed by atoms with Crippen LogP contribution >= 0.6 is 0 Å². The minimum atomic E-state index is -1.25. The number of nitrogens with one attached hydrogen (secondary N) is 1.